The maximum Gasteiger partial charge on any atom is 0.305 e. The molecule has 5 rings (SSSR count). The molecule has 1 amide bonds. The summed E-state index contributed by atoms with van der Waals surface area (Å²) >= 11 is 0. The highest BCUT2D eigenvalue weighted by atomic mass is 19.1. The summed E-state index contributed by atoms with van der Waals surface area (Å²) in [6, 6.07) is 8.23. The second kappa shape index (κ2) is 15.3. The third-order valence-corrected chi connectivity index (χ3v) is 9.05. The van der Waals surface area contributed by atoms with Gasteiger partial charge in [-0.3, -0.25) is 19.3 Å². The molecule has 2 aromatic carbocycles. The molecule has 254 valence electrons. The lowest BCUT2D eigenvalue weighted by atomic mass is 9.82. The van der Waals surface area contributed by atoms with Crippen LogP contribution in [0.4, 0.5) is 8.78 Å². The van der Waals surface area contributed by atoms with Gasteiger partial charge in [0.05, 0.1) is 12.3 Å². The number of carbonyl (C=O) groups is 2. The number of alkyl halides is 1. The predicted octanol–water partition coefficient (Wildman–Crippen LogP) is 5.97. The summed E-state index contributed by atoms with van der Waals surface area (Å²) in [6.07, 6.45) is 1.81. The molecule has 0 bridgehead atoms. The van der Waals surface area contributed by atoms with E-state index >= 15 is 4.39 Å². The van der Waals surface area contributed by atoms with Gasteiger partial charge in [0.2, 0.25) is 5.91 Å². The van der Waals surface area contributed by atoms with Crippen LogP contribution in [0.15, 0.2) is 35.1 Å². The van der Waals surface area contributed by atoms with Gasteiger partial charge in [0.25, 0.3) is 5.56 Å². The van der Waals surface area contributed by atoms with Crippen molar-refractivity contribution in [2.24, 2.45) is 11.7 Å². The SMILES string of the molecule is CCOC(=O)CC.Cc1cc(C)c(-c2cc(C)c(F)c([C@H](C3CC3)[C@@H](C(N)=O)n3nc(CCN4CC(F)C4)c(C)cc3=O)c2)c(C)c1. The summed E-state index contributed by atoms with van der Waals surface area (Å²) in [6.45, 7) is 15.1. The van der Waals surface area contributed by atoms with Gasteiger partial charge in [0.1, 0.15) is 18.0 Å². The Bertz CT molecular complexity index is 1650. The molecule has 2 atom stereocenters. The Balaban J connectivity index is 0.000000644. The van der Waals surface area contributed by atoms with Crippen molar-refractivity contribution in [3.63, 3.8) is 0 Å². The average Bonchev–Trinajstić information content (AvgIpc) is 3.81. The van der Waals surface area contributed by atoms with E-state index in [4.69, 9.17) is 5.73 Å². The fourth-order valence-electron chi connectivity index (χ4n) is 6.66. The van der Waals surface area contributed by atoms with E-state index in [0.29, 0.717) is 61.5 Å². The lowest BCUT2D eigenvalue weighted by molar-refractivity contribution is -0.142. The van der Waals surface area contributed by atoms with E-state index in [9.17, 15) is 18.8 Å². The molecule has 8 nitrogen and oxygen atoms in total. The first-order chi connectivity index (χ1) is 22.2. The first-order valence-electron chi connectivity index (χ1n) is 16.5. The summed E-state index contributed by atoms with van der Waals surface area (Å²) in [5.41, 5.74) is 13.0. The van der Waals surface area contributed by atoms with Crippen molar-refractivity contribution in [2.45, 2.75) is 92.3 Å². The molecule has 1 aromatic heterocycles. The number of esters is 1. The van der Waals surface area contributed by atoms with Crippen LogP contribution in [-0.2, 0) is 20.7 Å². The highest BCUT2D eigenvalue weighted by Gasteiger charge is 2.44. The second-order valence-electron chi connectivity index (χ2n) is 13.0. The zero-order valence-electron chi connectivity index (χ0n) is 28.7. The van der Waals surface area contributed by atoms with Crippen molar-refractivity contribution in [1.82, 2.24) is 14.7 Å². The molecular formula is C37H48F2N4O4. The first kappa shape index (κ1) is 35.9. The van der Waals surface area contributed by atoms with Crippen LogP contribution in [0.2, 0.25) is 0 Å². The quantitative estimate of drug-likeness (QED) is 0.257. The fraction of sp³-hybridized carbons (Fsp3) is 0.514. The third-order valence-electron chi connectivity index (χ3n) is 9.05. The lowest BCUT2D eigenvalue weighted by Gasteiger charge is -2.34. The minimum absolute atomic E-state index is 0.00268. The Morgan fingerprint density at radius 3 is 2.13 bits per heavy atom. The van der Waals surface area contributed by atoms with Crippen LogP contribution in [0.25, 0.3) is 11.1 Å². The Morgan fingerprint density at radius 1 is 0.979 bits per heavy atom. The number of aromatic nitrogens is 2. The van der Waals surface area contributed by atoms with Crippen LogP contribution in [-0.4, -0.2) is 59.0 Å². The number of ether oxygens (including phenoxy) is 1. The molecule has 2 N–H and O–H groups in total. The molecule has 10 heteroatoms. The number of amides is 1. The van der Waals surface area contributed by atoms with Crippen LogP contribution in [0.3, 0.4) is 0 Å². The monoisotopic (exact) mass is 650 g/mol. The van der Waals surface area contributed by atoms with E-state index in [2.05, 4.69) is 22.0 Å². The van der Waals surface area contributed by atoms with Crippen LogP contribution in [0.1, 0.15) is 84.1 Å². The van der Waals surface area contributed by atoms with Gasteiger partial charge in [-0.25, -0.2) is 13.5 Å². The number of rotatable bonds is 11. The van der Waals surface area contributed by atoms with Gasteiger partial charge in [-0.15, -0.1) is 0 Å². The number of hydrogen-bond donors (Lipinski definition) is 1. The zero-order chi connectivity index (χ0) is 34.6. The molecule has 3 aromatic rings. The van der Waals surface area contributed by atoms with Gasteiger partial charge in [-0.1, -0.05) is 24.6 Å². The zero-order valence-corrected chi connectivity index (χ0v) is 28.7. The van der Waals surface area contributed by atoms with E-state index in [0.717, 1.165) is 40.7 Å². The van der Waals surface area contributed by atoms with Gasteiger partial charge in [0.15, 0.2) is 0 Å². The van der Waals surface area contributed by atoms with Crippen molar-refractivity contribution in [3.05, 3.63) is 85.6 Å². The number of aryl methyl sites for hydroxylation is 5. The molecule has 1 saturated heterocycles. The van der Waals surface area contributed by atoms with Crippen molar-refractivity contribution in [1.29, 1.82) is 0 Å². The van der Waals surface area contributed by atoms with Crippen molar-refractivity contribution >= 4 is 11.9 Å². The molecule has 2 heterocycles. The van der Waals surface area contributed by atoms with Crippen molar-refractivity contribution in [2.75, 3.05) is 26.2 Å². The molecule has 2 aliphatic rings. The average molecular weight is 651 g/mol. The summed E-state index contributed by atoms with van der Waals surface area (Å²) in [4.78, 5) is 38.5. The number of nitrogens with zero attached hydrogens (tertiary/aromatic N) is 3. The standard InChI is InChI=1S/C32H38F2N4O2.C5H10O2/c1-17-10-19(3)28(20(4)11-17)23-12-21(5)30(34)25(14-23)29(22-6-7-22)31(32(35)40)38-27(39)13-18(2)26(36-38)8-9-37-15-24(33)16-37;1-3-5(6)7-4-2/h10-14,22,24,29,31H,6-9,15-16H2,1-5H3,(H2,35,40);3-4H2,1-2H3/t29-,31-;/m0./s1. The Labute approximate surface area is 276 Å². The molecule has 1 aliphatic heterocycles. The maximum absolute atomic E-state index is 16.0. The van der Waals surface area contributed by atoms with Crippen LogP contribution in [0, 0.1) is 46.4 Å². The van der Waals surface area contributed by atoms with Crippen molar-refractivity contribution < 1.29 is 23.1 Å². The smallest absolute Gasteiger partial charge is 0.305 e. The van der Waals surface area contributed by atoms with Gasteiger partial charge < -0.3 is 10.5 Å². The molecule has 0 spiro atoms. The molecular weight excluding hydrogens is 602 g/mol. The maximum atomic E-state index is 16.0. The molecule has 47 heavy (non-hydrogen) atoms. The van der Waals surface area contributed by atoms with E-state index in [-0.39, 0.29) is 17.7 Å². The number of carbonyl (C=O) groups excluding carboxylic acids is 2. The molecule has 2 fully saturated rings. The van der Waals surface area contributed by atoms with Crippen LogP contribution >= 0.6 is 0 Å². The number of hydrogen-bond acceptors (Lipinski definition) is 6. The fourth-order valence-corrected chi connectivity index (χ4v) is 6.66. The summed E-state index contributed by atoms with van der Waals surface area (Å²) in [5.74, 6) is -1.85. The van der Waals surface area contributed by atoms with E-state index in [1.54, 1.807) is 27.7 Å². The van der Waals surface area contributed by atoms with E-state index in [1.807, 2.05) is 37.8 Å². The minimum Gasteiger partial charge on any atom is -0.466 e. The number of primary amides is 1. The Morgan fingerprint density at radius 2 is 1.62 bits per heavy atom. The van der Waals surface area contributed by atoms with Crippen LogP contribution in [0.5, 0.6) is 0 Å². The molecule has 0 unspecified atom stereocenters. The minimum atomic E-state index is -1.14. The largest absolute Gasteiger partial charge is 0.466 e. The van der Waals surface area contributed by atoms with E-state index < -0.39 is 29.6 Å². The first-order valence-corrected chi connectivity index (χ1v) is 16.5. The van der Waals surface area contributed by atoms with Gasteiger partial charge >= 0.3 is 5.97 Å². The van der Waals surface area contributed by atoms with Gasteiger partial charge in [0, 0.05) is 44.5 Å². The number of benzene rings is 2. The Kier molecular flexibility index (Phi) is 11.7. The second-order valence-corrected chi connectivity index (χ2v) is 13.0. The highest BCUT2D eigenvalue weighted by Crippen LogP contribution is 2.49. The lowest BCUT2D eigenvalue weighted by Crippen LogP contribution is -2.49. The predicted molar refractivity (Wildman–Crippen MR) is 180 cm³/mol. The van der Waals surface area contributed by atoms with Gasteiger partial charge in [-0.2, -0.15) is 5.10 Å². The summed E-state index contributed by atoms with van der Waals surface area (Å²) in [5, 5.41) is 4.63. The molecule has 1 aliphatic carbocycles. The summed E-state index contributed by atoms with van der Waals surface area (Å²) in [7, 11) is 0. The van der Waals surface area contributed by atoms with E-state index in [1.165, 1.54) is 10.7 Å². The normalized spacial score (nSPS) is 16.1. The number of halogens is 2. The number of likely N-dealkylation sites (tertiary alicyclic amines) is 1. The van der Waals surface area contributed by atoms with Gasteiger partial charge in [-0.05, 0) is 111 Å². The Hall–Kier alpha value is -3.92. The highest BCUT2D eigenvalue weighted by molar-refractivity contribution is 5.80. The number of nitrogens with two attached hydrogens (primary N) is 1. The molecule has 1 saturated carbocycles. The molecule has 0 radical (unpaired) electrons. The van der Waals surface area contributed by atoms with Crippen molar-refractivity contribution in [3.8, 4) is 11.1 Å². The third kappa shape index (κ3) is 8.52. The summed E-state index contributed by atoms with van der Waals surface area (Å²) < 4.78 is 35.0. The van der Waals surface area contributed by atoms with Crippen LogP contribution < -0.4 is 11.3 Å². The topological polar surface area (TPSA) is 108 Å².